The largest absolute Gasteiger partial charge is 0.365 e. The number of nitrogens with zero attached hydrogens (tertiary/aromatic N) is 5. The Labute approximate surface area is 255 Å². The Hall–Kier alpha value is -4.28. The van der Waals surface area contributed by atoms with Crippen LogP contribution in [0.5, 0.6) is 0 Å². The minimum absolute atomic E-state index is 0.0917. The van der Waals surface area contributed by atoms with Gasteiger partial charge >= 0.3 is 0 Å². The third-order valence-electron chi connectivity index (χ3n) is 8.07. The molecule has 5 rings (SSSR count). The van der Waals surface area contributed by atoms with Crippen molar-refractivity contribution in [2.45, 2.75) is 45.7 Å². The number of pyridine rings is 1. The van der Waals surface area contributed by atoms with Crippen LogP contribution < -0.4 is 21.0 Å². The van der Waals surface area contributed by atoms with E-state index in [2.05, 4.69) is 46.1 Å². The summed E-state index contributed by atoms with van der Waals surface area (Å²) < 4.78 is 13.7. The molecule has 1 fully saturated rings. The highest BCUT2D eigenvalue weighted by atomic mass is 35.5. The number of aryl methyl sites for hydroxylation is 1. The first-order chi connectivity index (χ1) is 20.5. The number of nitrogens with one attached hydrogen (secondary N) is 1. The van der Waals surface area contributed by atoms with E-state index in [1.807, 2.05) is 24.3 Å². The molecule has 0 radical (unpaired) electrons. The normalized spacial score (nSPS) is 19.0. The number of carbonyl (C=O) groups is 2. The van der Waals surface area contributed by atoms with Crippen LogP contribution in [0.4, 0.5) is 21.6 Å². The number of fused-ring (bicyclic) bond motifs is 1. The average Bonchev–Trinajstić information content (AvgIpc) is 2.98. The lowest BCUT2D eigenvalue weighted by Gasteiger charge is -2.43. The van der Waals surface area contributed by atoms with Crippen LogP contribution in [0.15, 0.2) is 65.9 Å². The fourth-order valence-corrected chi connectivity index (χ4v) is 5.57. The zero-order valence-corrected chi connectivity index (χ0v) is 25.4. The van der Waals surface area contributed by atoms with Gasteiger partial charge in [0.05, 0.1) is 22.0 Å². The van der Waals surface area contributed by atoms with Gasteiger partial charge in [-0.25, -0.2) is 14.4 Å². The minimum Gasteiger partial charge on any atom is -0.365 e. The third-order valence-corrected chi connectivity index (χ3v) is 8.37. The van der Waals surface area contributed by atoms with Gasteiger partial charge in [0.1, 0.15) is 17.3 Å². The summed E-state index contributed by atoms with van der Waals surface area (Å²) in [5, 5.41) is 9.30. The van der Waals surface area contributed by atoms with Crippen molar-refractivity contribution in [2.75, 3.05) is 35.4 Å². The molecule has 3 N–H and O–H groups in total. The van der Waals surface area contributed by atoms with Crippen LogP contribution in [0, 0.1) is 5.82 Å². The van der Waals surface area contributed by atoms with Gasteiger partial charge in [0.25, 0.3) is 11.8 Å². The monoisotopic (exact) mass is 603 g/mol. The fraction of sp³-hybridized carbons (Fsp3) is 0.312. The number of piperazine rings is 1. The van der Waals surface area contributed by atoms with Crippen LogP contribution in [0.25, 0.3) is 5.70 Å². The van der Waals surface area contributed by atoms with E-state index in [1.54, 1.807) is 23.2 Å². The number of hydrazone groups is 1. The maximum atomic E-state index is 13.7. The number of anilines is 3. The lowest BCUT2D eigenvalue weighted by Crippen LogP contribution is -2.55. The second-order valence-electron chi connectivity index (χ2n) is 11.1. The Morgan fingerprint density at radius 3 is 2.49 bits per heavy atom. The highest BCUT2D eigenvalue weighted by Gasteiger charge is 2.28. The van der Waals surface area contributed by atoms with Crippen molar-refractivity contribution in [2.24, 2.45) is 10.8 Å². The van der Waals surface area contributed by atoms with Gasteiger partial charge in [0, 0.05) is 42.6 Å². The Bertz CT molecular complexity index is 1600. The Morgan fingerprint density at radius 1 is 1.12 bits per heavy atom. The quantitative estimate of drug-likeness (QED) is 0.280. The molecule has 11 heteroatoms. The van der Waals surface area contributed by atoms with Crippen LogP contribution in [0.3, 0.4) is 0 Å². The van der Waals surface area contributed by atoms with Crippen molar-refractivity contribution in [3.8, 4) is 0 Å². The molecule has 43 heavy (non-hydrogen) atoms. The van der Waals surface area contributed by atoms with Gasteiger partial charge in [-0.2, -0.15) is 5.10 Å². The number of allylic oxidation sites excluding steroid dienone is 1. The zero-order valence-electron chi connectivity index (χ0n) is 24.6. The number of nitrogens with two attached hydrogens (primary N) is 1. The van der Waals surface area contributed by atoms with Crippen LogP contribution in [-0.4, -0.2) is 59.6 Å². The molecule has 2 unspecified atom stereocenters. The Balaban J connectivity index is 1.44. The van der Waals surface area contributed by atoms with E-state index in [1.165, 1.54) is 25.3 Å². The van der Waals surface area contributed by atoms with Crippen molar-refractivity contribution in [1.82, 2.24) is 9.88 Å². The second-order valence-corrected chi connectivity index (χ2v) is 11.5. The lowest BCUT2D eigenvalue weighted by molar-refractivity contribution is -0.112. The number of hydrogen-bond acceptors (Lipinski definition) is 7. The van der Waals surface area contributed by atoms with E-state index in [-0.39, 0.29) is 16.6 Å². The molecule has 0 saturated carbocycles. The van der Waals surface area contributed by atoms with Crippen molar-refractivity contribution < 1.29 is 14.0 Å². The Kier molecular flexibility index (Phi) is 8.79. The number of hydrogen-bond donors (Lipinski definition) is 2. The molecule has 224 valence electrons. The predicted octanol–water partition coefficient (Wildman–Crippen LogP) is 5.31. The summed E-state index contributed by atoms with van der Waals surface area (Å²) in [7, 11) is 2.12. The van der Waals surface area contributed by atoms with Gasteiger partial charge in [-0.15, -0.1) is 0 Å². The molecule has 0 spiro atoms. The van der Waals surface area contributed by atoms with Crippen molar-refractivity contribution in [3.63, 3.8) is 0 Å². The van der Waals surface area contributed by atoms with Crippen molar-refractivity contribution in [1.29, 1.82) is 0 Å². The van der Waals surface area contributed by atoms with Crippen LogP contribution >= 0.6 is 11.6 Å². The van der Waals surface area contributed by atoms with Crippen LogP contribution in [-0.2, 0) is 11.2 Å². The molecule has 2 atom stereocenters. The summed E-state index contributed by atoms with van der Waals surface area (Å²) in [5.74, 6) is -0.714. The number of carbonyl (C=O) groups excluding carboxylic acids is 2. The van der Waals surface area contributed by atoms with Crippen molar-refractivity contribution in [3.05, 3.63) is 88.3 Å². The molecular formula is C32H35ClFN7O2. The number of benzene rings is 2. The lowest BCUT2D eigenvalue weighted by atomic mass is 9.93. The molecule has 9 nitrogen and oxygen atoms in total. The fourth-order valence-electron chi connectivity index (χ4n) is 5.38. The maximum Gasteiger partial charge on any atom is 0.264 e. The molecular weight excluding hydrogens is 569 g/mol. The molecule has 2 heterocycles. The molecule has 1 aliphatic heterocycles. The van der Waals surface area contributed by atoms with E-state index in [0.29, 0.717) is 40.5 Å². The molecule has 1 aliphatic carbocycles. The summed E-state index contributed by atoms with van der Waals surface area (Å²) in [4.78, 5) is 34.4. The van der Waals surface area contributed by atoms with E-state index in [4.69, 9.17) is 17.3 Å². The first kappa shape index (κ1) is 30.2. The van der Waals surface area contributed by atoms with Gasteiger partial charge in [0.2, 0.25) is 0 Å². The molecule has 2 aromatic carbocycles. The topological polar surface area (TPSA) is 107 Å². The summed E-state index contributed by atoms with van der Waals surface area (Å²) in [5.41, 5.74) is 9.57. The van der Waals surface area contributed by atoms with Gasteiger partial charge in [-0.05, 0) is 88.7 Å². The Morgan fingerprint density at radius 2 is 1.81 bits per heavy atom. The van der Waals surface area contributed by atoms with Gasteiger partial charge in [0.15, 0.2) is 0 Å². The maximum absolute atomic E-state index is 13.7. The highest BCUT2D eigenvalue weighted by molar-refractivity contribution is 6.37. The van der Waals surface area contributed by atoms with Crippen LogP contribution in [0.1, 0.15) is 48.7 Å². The van der Waals surface area contributed by atoms with E-state index < -0.39 is 11.7 Å². The minimum atomic E-state index is -0.668. The smallest absolute Gasteiger partial charge is 0.264 e. The van der Waals surface area contributed by atoms with E-state index in [9.17, 15) is 14.0 Å². The second kappa shape index (κ2) is 12.5. The van der Waals surface area contributed by atoms with Gasteiger partial charge in [-0.3, -0.25) is 14.5 Å². The van der Waals surface area contributed by atoms with Gasteiger partial charge < -0.3 is 16.0 Å². The summed E-state index contributed by atoms with van der Waals surface area (Å²) in [6.07, 6.45) is 5.03. The number of likely N-dealkylation sites (N-methyl/N-ethyl adjacent to an activating group) is 1. The molecule has 2 aliphatic rings. The molecule has 2 amide bonds. The zero-order chi connectivity index (χ0) is 30.8. The van der Waals surface area contributed by atoms with Gasteiger partial charge in [-0.1, -0.05) is 23.7 Å². The SMILES string of the molecule is C/C(=N\N(C1=CCCc2ccc(NC(=O)c3cc(N4CC(C)N(C)C(C)C4)ncc3Cl)cc21)c1ccc(F)cc1)C(N)=O. The standard InChI is InChI=1S/C32H35ClFN7O2/c1-19-17-40(18-20(2)39(19)4)30-15-27(28(33)16-36-30)32(43)37-24-11-8-22-6-5-7-29(26(22)14-24)41(38-21(3)31(35)42)25-12-9-23(34)10-13-25/h7-16,19-20H,5-6,17-18H2,1-4H3,(H2,35,42)(H,37,43)/b38-21+. The number of primary amides is 1. The first-order valence-corrected chi connectivity index (χ1v) is 14.6. The summed E-state index contributed by atoms with van der Waals surface area (Å²) >= 11 is 6.46. The van der Waals surface area contributed by atoms with E-state index in [0.717, 1.165) is 37.1 Å². The van der Waals surface area contributed by atoms with Crippen LogP contribution in [0.2, 0.25) is 5.02 Å². The number of aromatic nitrogens is 1. The van der Waals surface area contributed by atoms with Crippen molar-refractivity contribution >= 4 is 52.0 Å². The molecule has 3 aromatic rings. The first-order valence-electron chi connectivity index (χ1n) is 14.2. The summed E-state index contributed by atoms with van der Waals surface area (Å²) in [6.45, 7) is 7.44. The van der Waals surface area contributed by atoms with E-state index >= 15 is 0 Å². The molecule has 1 saturated heterocycles. The molecule has 0 bridgehead atoms. The number of rotatable bonds is 7. The summed E-state index contributed by atoms with van der Waals surface area (Å²) in [6, 6.07) is 13.9. The number of halogens is 2. The highest BCUT2D eigenvalue weighted by Crippen LogP contribution is 2.35. The average molecular weight is 604 g/mol. The third kappa shape index (κ3) is 6.55. The predicted molar refractivity (Wildman–Crippen MR) is 170 cm³/mol. The molecule has 1 aromatic heterocycles. The number of amides is 2.